The first-order valence-electron chi connectivity index (χ1n) is 6.97. The van der Waals surface area contributed by atoms with Gasteiger partial charge < -0.3 is 34.3 Å². The van der Waals surface area contributed by atoms with Gasteiger partial charge in [-0.3, -0.25) is 4.79 Å². The average molecular weight is 364 g/mol. The zero-order valence-electron chi connectivity index (χ0n) is 12.6. The quantitative estimate of drug-likeness (QED) is 0.351. The number of ether oxygens (including phenoxy) is 1. The number of benzene rings is 2. The molecule has 2 aromatic carbocycles. The smallest absolute Gasteiger partial charge is 0.235 e. The minimum Gasteiger partial charge on any atom is -0.508 e. The highest BCUT2D eigenvalue weighted by Gasteiger charge is 2.20. The molecule has 0 unspecified atom stereocenters. The predicted molar refractivity (Wildman–Crippen MR) is 89.8 cm³/mol. The van der Waals surface area contributed by atoms with Crippen LogP contribution < -0.4 is 10.2 Å². The second-order valence-electron chi connectivity index (χ2n) is 5.12. The summed E-state index contributed by atoms with van der Waals surface area (Å²) in [5.74, 6) is -1.28. The van der Waals surface area contributed by atoms with Crippen LogP contribution in [-0.2, 0) is 0 Å². The molecule has 1 heterocycles. The summed E-state index contributed by atoms with van der Waals surface area (Å²) in [5.41, 5.74) is -0.288. The second-order valence-corrected chi connectivity index (χ2v) is 6.12. The Bertz CT molecular complexity index is 995. The molecule has 3 rings (SSSR count). The van der Waals surface area contributed by atoms with Crippen molar-refractivity contribution in [2.75, 3.05) is 6.35 Å². The van der Waals surface area contributed by atoms with Gasteiger partial charge in [0.2, 0.25) is 19.6 Å². The summed E-state index contributed by atoms with van der Waals surface area (Å²) in [4.78, 5) is 30.8. The maximum atomic E-state index is 12.7. The molecule has 9 heteroatoms. The molecule has 0 aliphatic heterocycles. The van der Waals surface area contributed by atoms with Crippen molar-refractivity contribution >= 4 is 19.3 Å². The Labute approximate surface area is 141 Å². The molecule has 0 saturated carbocycles. The topological polar surface area (TPSA) is 141 Å². The highest BCUT2D eigenvalue weighted by Crippen LogP contribution is 2.37. The lowest BCUT2D eigenvalue weighted by atomic mass is 10.1. The van der Waals surface area contributed by atoms with Gasteiger partial charge in [-0.25, -0.2) is 0 Å². The van der Waals surface area contributed by atoms with Gasteiger partial charge in [0.25, 0.3) is 0 Å². The van der Waals surface area contributed by atoms with Gasteiger partial charge >= 0.3 is 0 Å². The van der Waals surface area contributed by atoms with Crippen molar-refractivity contribution in [3.05, 3.63) is 46.6 Å². The summed E-state index contributed by atoms with van der Waals surface area (Å²) in [6.07, 6.45) is -0.513. The van der Waals surface area contributed by atoms with E-state index in [0.29, 0.717) is 0 Å². The van der Waals surface area contributed by atoms with E-state index in [1.807, 2.05) is 0 Å². The van der Waals surface area contributed by atoms with Crippen LogP contribution in [0.3, 0.4) is 0 Å². The van der Waals surface area contributed by atoms with E-state index in [1.54, 1.807) is 0 Å². The third-order valence-corrected chi connectivity index (χ3v) is 3.76. The molecule has 0 atom stereocenters. The van der Waals surface area contributed by atoms with E-state index in [4.69, 9.17) is 18.9 Å². The second kappa shape index (κ2) is 6.60. The van der Waals surface area contributed by atoms with Crippen molar-refractivity contribution in [1.29, 1.82) is 0 Å². The monoisotopic (exact) mass is 364 g/mol. The SMILES string of the molecule is O=c1c(OCP(O)O)c(-c2ccc(O)c(O)c2)oc2cc(O)ccc12. The third-order valence-electron chi connectivity index (χ3n) is 3.40. The van der Waals surface area contributed by atoms with Crippen molar-refractivity contribution in [2.24, 2.45) is 0 Å². The third kappa shape index (κ3) is 3.36. The van der Waals surface area contributed by atoms with Crippen molar-refractivity contribution in [3.8, 4) is 34.3 Å². The van der Waals surface area contributed by atoms with E-state index >= 15 is 0 Å². The summed E-state index contributed by atoms with van der Waals surface area (Å²) >= 11 is 0. The lowest BCUT2D eigenvalue weighted by Crippen LogP contribution is -2.10. The first kappa shape index (κ1) is 17.0. The summed E-state index contributed by atoms with van der Waals surface area (Å²) in [7, 11) is -2.41. The van der Waals surface area contributed by atoms with E-state index in [9.17, 15) is 20.1 Å². The van der Waals surface area contributed by atoms with E-state index in [1.165, 1.54) is 30.3 Å². The fourth-order valence-electron chi connectivity index (χ4n) is 2.27. The Morgan fingerprint density at radius 3 is 2.44 bits per heavy atom. The standard InChI is InChI=1S/C16H13O8P/c17-9-2-3-10-13(6-9)24-15(8-1-4-11(18)12(19)5-8)16(14(10)20)23-7-25(21)22/h1-6,17-19,21-22H,7H2. The molecule has 5 N–H and O–H groups in total. The van der Waals surface area contributed by atoms with Gasteiger partial charge in [-0.2, -0.15) is 0 Å². The number of aromatic hydroxyl groups is 3. The largest absolute Gasteiger partial charge is 0.508 e. The summed E-state index contributed by atoms with van der Waals surface area (Å²) in [5, 5.41) is 28.8. The normalized spacial score (nSPS) is 11.2. The Kier molecular flexibility index (Phi) is 4.50. The number of hydrogen-bond donors (Lipinski definition) is 5. The minimum atomic E-state index is -2.41. The van der Waals surface area contributed by atoms with Crippen molar-refractivity contribution < 1.29 is 34.3 Å². The van der Waals surface area contributed by atoms with Gasteiger partial charge in [-0.05, 0) is 30.3 Å². The molecule has 0 saturated heterocycles. The zero-order chi connectivity index (χ0) is 18.1. The molecular weight excluding hydrogens is 351 g/mol. The van der Waals surface area contributed by atoms with Crippen LogP contribution in [0.2, 0.25) is 0 Å². The lowest BCUT2D eigenvalue weighted by molar-refractivity contribution is 0.339. The van der Waals surface area contributed by atoms with Crippen LogP contribution in [0, 0.1) is 0 Å². The minimum absolute atomic E-state index is 0.0789. The summed E-state index contributed by atoms with van der Waals surface area (Å²) in [6.45, 7) is 0. The molecular formula is C16H13O8P. The molecule has 0 spiro atoms. The lowest BCUT2D eigenvalue weighted by Gasteiger charge is -2.12. The Morgan fingerprint density at radius 1 is 1.00 bits per heavy atom. The van der Waals surface area contributed by atoms with Crippen LogP contribution >= 0.6 is 8.38 Å². The van der Waals surface area contributed by atoms with Crippen molar-refractivity contribution in [3.63, 3.8) is 0 Å². The molecule has 0 fully saturated rings. The Morgan fingerprint density at radius 2 is 1.76 bits per heavy atom. The summed E-state index contributed by atoms with van der Waals surface area (Å²) in [6, 6.07) is 7.65. The molecule has 0 radical (unpaired) electrons. The molecule has 3 aromatic rings. The fraction of sp³-hybridized carbons (Fsp3) is 0.0625. The van der Waals surface area contributed by atoms with E-state index in [2.05, 4.69) is 0 Å². The van der Waals surface area contributed by atoms with E-state index < -0.39 is 25.9 Å². The fourth-order valence-corrected chi connectivity index (χ4v) is 2.52. The van der Waals surface area contributed by atoms with Gasteiger partial charge in [-0.1, -0.05) is 0 Å². The van der Waals surface area contributed by atoms with E-state index in [-0.39, 0.29) is 39.5 Å². The molecule has 1 aromatic heterocycles. The molecule has 8 nitrogen and oxygen atoms in total. The molecule has 0 bridgehead atoms. The molecule has 0 aliphatic rings. The van der Waals surface area contributed by atoms with Gasteiger partial charge in [0, 0.05) is 11.6 Å². The van der Waals surface area contributed by atoms with Crippen molar-refractivity contribution in [2.45, 2.75) is 0 Å². The van der Waals surface area contributed by atoms with E-state index in [0.717, 1.165) is 6.07 Å². The molecule has 130 valence electrons. The Balaban J connectivity index is 2.27. The highest BCUT2D eigenvalue weighted by molar-refractivity contribution is 7.44. The first-order chi connectivity index (χ1) is 11.9. The number of phenolic OH excluding ortho intramolecular Hbond substituents is 3. The van der Waals surface area contributed by atoms with Gasteiger partial charge in [0.1, 0.15) is 11.3 Å². The van der Waals surface area contributed by atoms with Gasteiger partial charge in [-0.15, -0.1) is 0 Å². The number of rotatable bonds is 4. The maximum Gasteiger partial charge on any atom is 0.235 e. The average Bonchev–Trinajstić information content (AvgIpc) is 2.56. The highest BCUT2D eigenvalue weighted by atomic mass is 31.2. The zero-order valence-corrected chi connectivity index (χ0v) is 13.5. The number of hydrogen-bond acceptors (Lipinski definition) is 8. The van der Waals surface area contributed by atoms with Crippen LogP contribution in [0.15, 0.2) is 45.6 Å². The van der Waals surface area contributed by atoms with Crippen molar-refractivity contribution in [1.82, 2.24) is 0 Å². The first-order valence-corrected chi connectivity index (χ1v) is 8.40. The van der Waals surface area contributed by atoms with Crippen LogP contribution in [0.1, 0.15) is 0 Å². The van der Waals surface area contributed by atoms with Crippen LogP contribution in [-0.4, -0.2) is 31.5 Å². The number of fused-ring (bicyclic) bond motifs is 1. The molecule has 25 heavy (non-hydrogen) atoms. The summed E-state index contributed by atoms with van der Waals surface area (Å²) < 4.78 is 10.8. The van der Waals surface area contributed by atoms with Crippen LogP contribution in [0.4, 0.5) is 0 Å². The Hall–Kier alpha value is -2.80. The number of phenols is 3. The maximum absolute atomic E-state index is 12.7. The van der Waals surface area contributed by atoms with Crippen LogP contribution in [0.5, 0.6) is 23.0 Å². The van der Waals surface area contributed by atoms with Gasteiger partial charge in [0.05, 0.1) is 5.39 Å². The predicted octanol–water partition coefficient (Wildman–Crippen LogP) is 2.21. The van der Waals surface area contributed by atoms with Gasteiger partial charge in [0.15, 0.2) is 23.6 Å². The molecule has 0 amide bonds. The van der Waals surface area contributed by atoms with Crippen LogP contribution in [0.25, 0.3) is 22.3 Å². The molecule has 0 aliphatic carbocycles.